The van der Waals surface area contributed by atoms with Gasteiger partial charge in [-0.15, -0.1) is 0 Å². The van der Waals surface area contributed by atoms with Crippen molar-refractivity contribution in [1.29, 1.82) is 0 Å². The van der Waals surface area contributed by atoms with Gasteiger partial charge in [-0.1, -0.05) is 5.16 Å². The van der Waals surface area contributed by atoms with Crippen LogP contribution < -0.4 is 0 Å². The summed E-state index contributed by atoms with van der Waals surface area (Å²) in [6, 6.07) is 2.08. The van der Waals surface area contributed by atoms with Gasteiger partial charge < -0.3 is 4.52 Å². The number of nitrogens with zero attached hydrogens (tertiary/aromatic N) is 2. The van der Waals surface area contributed by atoms with Crippen LogP contribution in [0.25, 0.3) is 11.4 Å². The molecule has 0 unspecified atom stereocenters. The lowest BCUT2D eigenvalue weighted by atomic mass is 10.1. The molecule has 0 N–H and O–H groups in total. The van der Waals surface area contributed by atoms with E-state index in [0.29, 0.717) is 12.1 Å². The summed E-state index contributed by atoms with van der Waals surface area (Å²) in [4.78, 5) is 3.46. The van der Waals surface area contributed by atoms with E-state index < -0.39 is 23.1 Å². The molecule has 0 aliphatic carbocycles. The van der Waals surface area contributed by atoms with Gasteiger partial charge in [0.25, 0.3) is 0 Å². The molecule has 1 aromatic heterocycles. The summed E-state index contributed by atoms with van der Waals surface area (Å²) in [6.45, 7) is 0. The Balaban J connectivity index is 2.63. The fourth-order valence-corrected chi connectivity index (χ4v) is 1.24. The molecular formula is C9H4F4N2O. The third kappa shape index (κ3) is 1.88. The number of hydrogen-bond acceptors (Lipinski definition) is 3. The second-order valence-electron chi connectivity index (χ2n) is 2.94. The Morgan fingerprint density at radius 2 is 1.94 bits per heavy atom. The Morgan fingerprint density at radius 3 is 2.50 bits per heavy atom. The molecule has 0 amide bonds. The molecule has 1 aromatic carbocycles. The zero-order chi connectivity index (χ0) is 11.8. The Labute approximate surface area is 86.7 Å². The van der Waals surface area contributed by atoms with E-state index in [9.17, 15) is 17.6 Å². The Morgan fingerprint density at radius 1 is 1.19 bits per heavy atom. The minimum Gasteiger partial charge on any atom is -0.342 e. The third-order valence-corrected chi connectivity index (χ3v) is 1.89. The van der Waals surface area contributed by atoms with Gasteiger partial charge in [-0.05, 0) is 18.2 Å². The Kier molecular flexibility index (Phi) is 2.37. The van der Waals surface area contributed by atoms with E-state index >= 15 is 0 Å². The molecule has 0 atom stereocenters. The predicted molar refractivity (Wildman–Crippen MR) is 44.7 cm³/mol. The van der Waals surface area contributed by atoms with Crippen molar-refractivity contribution in [3.8, 4) is 11.4 Å². The van der Waals surface area contributed by atoms with Crippen LogP contribution in [0.3, 0.4) is 0 Å². The number of aromatic nitrogens is 2. The lowest BCUT2D eigenvalue weighted by Crippen LogP contribution is -2.07. The first kappa shape index (κ1) is 10.6. The highest BCUT2D eigenvalue weighted by Gasteiger charge is 2.34. The minimum atomic E-state index is -4.59. The smallest absolute Gasteiger partial charge is 0.342 e. The maximum Gasteiger partial charge on any atom is 0.417 e. The van der Waals surface area contributed by atoms with E-state index in [1.807, 2.05) is 0 Å². The molecule has 84 valence electrons. The first-order valence-corrected chi connectivity index (χ1v) is 4.12. The number of rotatable bonds is 1. The van der Waals surface area contributed by atoms with E-state index in [4.69, 9.17) is 0 Å². The molecule has 7 heteroatoms. The summed E-state index contributed by atoms with van der Waals surface area (Å²) in [7, 11) is 0. The van der Waals surface area contributed by atoms with E-state index in [1.165, 1.54) is 0 Å². The number of alkyl halides is 3. The van der Waals surface area contributed by atoms with Gasteiger partial charge in [0.05, 0.1) is 5.56 Å². The van der Waals surface area contributed by atoms with Gasteiger partial charge >= 0.3 is 6.18 Å². The highest BCUT2D eigenvalue weighted by molar-refractivity contribution is 5.60. The van der Waals surface area contributed by atoms with Gasteiger partial charge in [0.2, 0.25) is 12.2 Å². The molecule has 0 spiro atoms. The molecule has 0 aliphatic heterocycles. The molecule has 0 radical (unpaired) electrons. The van der Waals surface area contributed by atoms with Crippen LogP contribution in [0.15, 0.2) is 29.1 Å². The molecule has 2 rings (SSSR count). The summed E-state index contributed by atoms with van der Waals surface area (Å²) < 4.78 is 54.9. The van der Waals surface area contributed by atoms with Gasteiger partial charge in [0.15, 0.2) is 0 Å². The molecule has 0 aliphatic rings. The minimum absolute atomic E-state index is 0.299. The normalized spacial score (nSPS) is 11.8. The van der Waals surface area contributed by atoms with Crippen LogP contribution in [0.4, 0.5) is 17.6 Å². The fraction of sp³-hybridized carbons (Fsp3) is 0.111. The monoisotopic (exact) mass is 232 g/mol. The van der Waals surface area contributed by atoms with Crippen molar-refractivity contribution in [2.75, 3.05) is 0 Å². The van der Waals surface area contributed by atoms with E-state index in [2.05, 4.69) is 14.7 Å². The molecule has 0 saturated carbocycles. The number of benzene rings is 1. The van der Waals surface area contributed by atoms with E-state index in [-0.39, 0.29) is 5.82 Å². The van der Waals surface area contributed by atoms with Gasteiger partial charge in [-0.3, -0.25) is 0 Å². The van der Waals surface area contributed by atoms with Crippen LogP contribution in [0, 0.1) is 5.82 Å². The average molecular weight is 232 g/mol. The molecule has 0 bridgehead atoms. The van der Waals surface area contributed by atoms with Gasteiger partial charge in [-0.25, -0.2) is 4.39 Å². The number of hydrogen-bond donors (Lipinski definition) is 0. The van der Waals surface area contributed by atoms with E-state index in [1.54, 1.807) is 0 Å². The van der Waals surface area contributed by atoms with Gasteiger partial charge in [-0.2, -0.15) is 18.2 Å². The third-order valence-electron chi connectivity index (χ3n) is 1.89. The Bertz CT molecular complexity index is 493. The summed E-state index contributed by atoms with van der Waals surface area (Å²) >= 11 is 0. The van der Waals surface area contributed by atoms with Crippen molar-refractivity contribution < 1.29 is 22.1 Å². The molecule has 0 saturated heterocycles. The molecule has 2 aromatic rings. The average Bonchev–Trinajstić information content (AvgIpc) is 2.68. The highest BCUT2D eigenvalue weighted by Crippen LogP contribution is 2.36. The Hall–Kier alpha value is -1.92. The van der Waals surface area contributed by atoms with E-state index in [0.717, 1.165) is 12.5 Å². The SMILES string of the molecule is Fc1ccc(C(F)(F)F)c(-c2ncon2)c1. The summed E-state index contributed by atoms with van der Waals surface area (Å²) in [6.07, 6.45) is -3.72. The first-order valence-electron chi connectivity index (χ1n) is 4.12. The van der Waals surface area contributed by atoms with Crippen molar-refractivity contribution in [3.05, 3.63) is 36.0 Å². The van der Waals surface area contributed by atoms with Gasteiger partial charge in [0, 0.05) is 5.56 Å². The second kappa shape index (κ2) is 3.58. The zero-order valence-corrected chi connectivity index (χ0v) is 7.62. The summed E-state index contributed by atoms with van der Waals surface area (Å²) in [5.74, 6) is -1.10. The molecular weight excluding hydrogens is 228 g/mol. The van der Waals surface area contributed by atoms with Crippen molar-refractivity contribution in [2.24, 2.45) is 0 Å². The predicted octanol–water partition coefficient (Wildman–Crippen LogP) is 2.89. The van der Waals surface area contributed by atoms with Crippen LogP contribution in [-0.2, 0) is 6.18 Å². The zero-order valence-electron chi connectivity index (χ0n) is 7.62. The largest absolute Gasteiger partial charge is 0.417 e. The van der Waals surface area contributed by atoms with Crippen LogP contribution >= 0.6 is 0 Å². The number of halogens is 4. The van der Waals surface area contributed by atoms with Crippen LogP contribution in [0.1, 0.15) is 5.56 Å². The van der Waals surface area contributed by atoms with Gasteiger partial charge in [0.1, 0.15) is 5.82 Å². The summed E-state index contributed by atoms with van der Waals surface area (Å²) in [5.41, 5.74) is -1.45. The molecule has 0 fully saturated rings. The van der Waals surface area contributed by atoms with Crippen LogP contribution in [0.2, 0.25) is 0 Å². The molecule has 16 heavy (non-hydrogen) atoms. The molecule has 1 heterocycles. The molecule has 3 nitrogen and oxygen atoms in total. The first-order chi connectivity index (χ1) is 7.48. The lowest BCUT2D eigenvalue weighted by Gasteiger charge is -2.09. The summed E-state index contributed by atoms with van der Waals surface area (Å²) in [5, 5.41) is 3.25. The quantitative estimate of drug-likeness (QED) is 0.709. The lowest BCUT2D eigenvalue weighted by molar-refractivity contribution is -0.137. The van der Waals surface area contributed by atoms with Crippen molar-refractivity contribution in [2.45, 2.75) is 6.18 Å². The van der Waals surface area contributed by atoms with Crippen molar-refractivity contribution in [1.82, 2.24) is 10.1 Å². The van der Waals surface area contributed by atoms with Crippen molar-refractivity contribution in [3.63, 3.8) is 0 Å². The topological polar surface area (TPSA) is 38.9 Å². The second-order valence-corrected chi connectivity index (χ2v) is 2.94. The highest BCUT2D eigenvalue weighted by atomic mass is 19.4. The van der Waals surface area contributed by atoms with Crippen LogP contribution in [0.5, 0.6) is 0 Å². The van der Waals surface area contributed by atoms with Crippen molar-refractivity contribution >= 4 is 0 Å². The maximum atomic E-state index is 12.9. The standard InChI is InChI=1S/C9H4F4N2O/c10-5-1-2-7(9(11,12)13)6(3-5)8-14-4-16-15-8/h1-4H. The fourth-order valence-electron chi connectivity index (χ4n) is 1.24. The maximum absolute atomic E-state index is 12.9. The van der Waals surface area contributed by atoms with Crippen LogP contribution in [-0.4, -0.2) is 10.1 Å².